The highest BCUT2D eigenvalue weighted by molar-refractivity contribution is 6.08. The number of amides is 2. The molecule has 0 saturated heterocycles. The third-order valence-corrected chi connectivity index (χ3v) is 4.49. The number of anilines is 1. The number of halogens is 2. The van der Waals surface area contributed by atoms with Gasteiger partial charge < -0.3 is 24.4 Å². The van der Waals surface area contributed by atoms with E-state index in [1.807, 2.05) is 6.92 Å². The van der Waals surface area contributed by atoms with E-state index in [0.717, 1.165) is 6.42 Å². The molecule has 1 atom stereocenters. The van der Waals surface area contributed by atoms with Crippen LogP contribution in [0.2, 0.25) is 0 Å². The van der Waals surface area contributed by atoms with Crippen molar-refractivity contribution >= 4 is 17.5 Å². The Kier molecular flexibility index (Phi) is 6.71. The van der Waals surface area contributed by atoms with E-state index in [1.54, 1.807) is 24.3 Å². The summed E-state index contributed by atoms with van der Waals surface area (Å²) in [5.74, 6) is -0.523. The van der Waals surface area contributed by atoms with Crippen LogP contribution in [0, 0.1) is 0 Å². The van der Waals surface area contributed by atoms with Gasteiger partial charge in [-0.25, -0.2) is 0 Å². The molecule has 7 nitrogen and oxygen atoms in total. The van der Waals surface area contributed by atoms with E-state index in [2.05, 4.69) is 10.1 Å². The van der Waals surface area contributed by atoms with Crippen LogP contribution in [0.25, 0.3) is 0 Å². The van der Waals surface area contributed by atoms with Crippen LogP contribution >= 0.6 is 0 Å². The zero-order chi connectivity index (χ0) is 21.7. The van der Waals surface area contributed by atoms with Crippen LogP contribution in [-0.4, -0.2) is 44.7 Å². The minimum atomic E-state index is -3.02. The summed E-state index contributed by atoms with van der Waals surface area (Å²) < 4.78 is 40.4. The molecule has 0 spiro atoms. The fraction of sp³-hybridized carbons (Fsp3) is 0.333. The van der Waals surface area contributed by atoms with Crippen molar-refractivity contribution in [1.29, 1.82) is 0 Å². The summed E-state index contributed by atoms with van der Waals surface area (Å²) >= 11 is 0. The first-order valence-corrected chi connectivity index (χ1v) is 9.42. The molecule has 1 N–H and O–H groups in total. The number of nitrogens with one attached hydrogen (secondary N) is 1. The van der Waals surface area contributed by atoms with Crippen molar-refractivity contribution in [1.82, 2.24) is 5.32 Å². The summed E-state index contributed by atoms with van der Waals surface area (Å²) in [6.45, 7) is -0.587. The van der Waals surface area contributed by atoms with Gasteiger partial charge in [0, 0.05) is 12.1 Å². The van der Waals surface area contributed by atoms with Gasteiger partial charge in [0.2, 0.25) is 0 Å². The number of ether oxygens (including phenoxy) is 3. The Bertz CT molecular complexity index is 922. The molecule has 3 rings (SSSR count). The van der Waals surface area contributed by atoms with E-state index < -0.39 is 18.6 Å². The lowest BCUT2D eigenvalue weighted by atomic mass is 10.1. The Morgan fingerprint density at radius 2 is 2.00 bits per heavy atom. The summed E-state index contributed by atoms with van der Waals surface area (Å²) in [6.07, 6.45) is -0.108. The molecule has 0 fully saturated rings. The number of fused-ring (bicyclic) bond motifs is 1. The highest BCUT2D eigenvalue weighted by Gasteiger charge is 2.34. The van der Waals surface area contributed by atoms with Gasteiger partial charge in [0.05, 0.1) is 19.3 Å². The van der Waals surface area contributed by atoms with Crippen LogP contribution in [0.4, 0.5) is 14.5 Å². The fourth-order valence-electron chi connectivity index (χ4n) is 3.08. The zero-order valence-corrected chi connectivity index (χ0v) is 16.6. The van der Waals surface area contributed by atoms with Crippen molar-refractivity contribution in [3.63, 3.8) is 0 Å². The number of methoxy groups -OCH3 is 1. The van der Waals surface area contributed by atoms with Crippen molar-refractivity contribution in [2.24, 2.45) is 0 Å². The Labute approximate surface area is 172 Å². The third-order valence-electron chi connectivity index (χ3n) is 4.49. The van der Waals surface area contributed by atoms with Crippen molar-refractivity contribution in [2.45, 2.75) is 26.1 Å². The molecule has 1 aliphatic rings. The summed E-state index contributed by atoms with van der Waals surface area (Å²) in [7, 11) is 1.29. The van der Waals surface area contributed by atoms with E-state index >= 15 is 0 Å². The molecule has 1 heterocycles. The maximum absolute atomic E-state index is 13.2. The van der Waals surface area contributed by atoms with Crippen LogP contribution in [0.1, 0.15) is 23.7 Å². The molecule has 160 valence electrons. The first-order valence-electron chi connectivity index (χ1n) is 9.42. The van der Waals surface area contributed by atoms with E-state index in [9.17, 15) is 18.4 Å². The molecular weight excluding hydrogens is 398 g/mol. The van der Waals surface area contributed by atoms with Gasteiger partial charge in [-0.1, -0.05) is 19.1 Å². The number of alkyl halides is 2. The number of benzene rings is 2. The van der Waals surface area contributed by atoms with Gasteiger partial charge in [-0.15, -0.1) is 0 Å². The van der Waals surface area contributed by atoms with E-state index in [0.29, 0.717) is 18.0 Å². The topological polar surface area (TPSA) is 77.1 Å². The lowest BCUT2D eigenvalue weighted by Gasteiger charge is -2.34. The number of para-hydroxylation sites is 2. The predicted octanol–water partition coefficient (Wildman–Crippen LogP) is 3.23. The van der Waals surface area contributed by atoms with Gasteiger partial charge in [0.25, 0.3) is 11.8 Å². The highest BCUT2D eigenvalue weighted by Crippen LogP contribution is 2.35. The quantitative estimate of drug-likeness (QED) is 0.744. The summed E-state index contributed by atoms with van der Waals surface area (Å²) in [4.78, 5) is 27.1. The lowest BCUT2D eigenvalue weighted by molar-refractivity contribution is -0.127. The van der Waals surface area contributed by atoms with Crippen LogP contribution in [-0.2, 0) is 4.79 Å². The molecule has 0 saturated carbocycles. The fourth-order valence-corrected chi connectivity index (χ4v) is 3.08. The summed E-state index contributed by atoms with van der Waals surface area (Å²) in [5, 5.41) is 2.77. The lowest BCUT2D eigenvalue weighted by Crippen LogP contribution is -2.50. The number of rotatable bonds is 7. The van der Waals surface area contributed by atoms with Crippen molar-refractivity contribution in [3.05, 3.63) is 48.0 Å². The normalized spacial score (nSPS) is 15.2. The molecule has 0 aromatic heterocycles. The van der Waals surface area contributed by atoms with Crippen LogP contribution in [0.5, 0.6) is 17.2 Å². The van der Waals surface area contributed by atoms with Gasteiger partial charge in [0.15, 0.2) is 17.6 Å². The molecule has 2 aromatic carbocycles. The molecule has 0 unspecified atom stereocenters. The van der Waals surface area contributed by atoms with Gasteiger partial charge in [-0.05, 0) is 36.8 Å². The standard InChI is InChI=1S/C21H22F2N2O5/c1-3-10-24-19(26)18-12-25(14-6-4-5-7-15(14)29-18)20(27)13-8-9-16(30-21(22)23)17(11-13)28-2/h4-9,11,18,21H,3,10,12H2,1-2H3,(H,24,26)/t18-/m0/s1. The second-order valence-corrected chi connectivity index (χ2v) is 6.53. The first kappa shape index (κ1) is 21.4. The SMILES string of the molecule is CCCNC(=O)[C@@H]1CN(C(=O)c2ccc(OC(F)F)c(OC)c2)c2ccccc2O1. The number of carbonyl (C=O) groups excluding carboxylic acids is 2. The summed E-state index contributed by atoms with van der Waals surface area (Å²) in [6, 6.07) is 10.8. The number of carbonyl (C=O) groups is 2. The number of nitrogens with zero attached hydrogens (tertiary/aromatic N) is 1. The molecule has 0 bridgehead atoms. The van der Waals surface area contributed by atoms with Crippen molar-refractivity contribution < 1.29 is 32.6 Å². The van der Waals surface area contributed by atoms with Gasteiger partial charge >= 0.3 is 6.61 Å². The molecule has 1 aliphatic heterocycles. The van der Waals surface area contributed by atoms with Gasteiger partial charge in [-0.3, -0.25) is 9.59 Å². The molecule has 2 amide bonds. The van der Waals surface area contributed by atoms with Crippen LogP contribution < -0.4 is 24.4 Å². The maximum atomic E-state index is 13.2. The molecule has 0 radical (unpaired) electrons. The Morgan fingerprint density at radius 3 is 2.70 bits per heavy atom. The zero-order valence-electron chi connectivity index (χ0n) is 16.6. The Morgan fingerprint density at radius 1 is 1.23 bits per heavy atom. The average Bonchev–Trinajstić information content (AvgIpc) is 2.76. The Hall–Kier alpha value is -3.36. The molecule has 30 heavy (non-hydrogen) atoms. The second kappa shape index (κ2) is 9.43. The van der Waals surface area contributed by atoms with Crippen molar-refractivity contribution in [2.75, 3.05) is 25.1 Å². The van der Waals surface area contributed by atoms with Gasteiger partial charge in [-0.2, -0.15) is 8.78 Å². The third kappa shape index (κ3) is 4.61. The molecule has 9 heteroatoms. The smallest absolute Gasteiger partial charge is 0.387 e. The van der Waals surface area contributed by atoms with Crippen LogP contribution in [0.3, 0.4) is 0 Å². The molecular formula is C21H22F2N2O5. The average molecular weight is 420 g/mol. The monoisotopic (exact) mass is 420 g/mol. The van der Waals surface area contributed by atoms with E-state index in [1.165, 1.54) is 30.2 Å². The maximum Gasteiger partial charge on any atom is 0.387 e. The Balaban J connectivity index is 1.91. The summed E-state index contributed by atoms with van der Waals surface area (Å²) in [5.41, 5.74) is 0.701. The van der Waals surface area contributed by atoms with Crippen LogP contribution in [0.15, 0.2) is 42.5 Å². The molecule has 2 aromatic rings. The predicted molar refractivity (Wildman–Crippen MR) is 105 cm³/mol. The molecule has 0 aliphatic carbocycles. The van der Waals surface area contributed by atoms with E-state index in [4.69, 9.17) is 9.47 Å². The minimum Gasteiger partial charge on any atom is -0.493 e. The van der Waals surface area contributed by atoms with E-state index in [-0.39, 0.29) is 29.5 Å². The highest BCUT2D eigenvalue weighted by atomic mass is 19.3. The first-order chi connectivity index (χ1) is 14.4. The van der Waals surface area contributed by atoms with Gasteiger partial charge in [0.1, 0.15) is 5.75 Å². The van der Waals surface area contributed by atoms with Crippen molar-refractivity contribution in [3.8, 4) is 17.2 Å². The second-order valence-electron chi connectivity index (χ2n) is 6.53. The number of hydrogen-bond acceptors (Lipinski definition) is 5. The largest absolute Gasteiger partial charge is 0.493 e. The number of hydrogen-bond donors (Lipinski definition) is 1. The minimum absolute atomic E-state index is 0.0000616.